The van der Waals surface area contributed by atoms with Crippen molar-refractivity contribution in [1.29, 1.82) is 0 Å². The van der Waals surface area contributed by atoms with Gasteiger partial charge in [-0.2, -0.15) is 0 Å². The minimum Gasteiger partial charge on any atom is -0.465 e. The highest BCUT2D eigenvalue weighted by atomic mass is 35.5. The van der Waals surface area contributed by atoms with Crippen molar-refractivity contribution in [1.82, 2.24) is 20.2 Å². The number of halogens is 1. The number of thioether (sulfide) groups is 1. The molecule has 2 aromatic rings. The Bertz CT molecular complexity index is 720. The van der Waals surface area contributed by atoms with Gasteiger partial charge in [0.1, 0.15) is 6.54 Å². The lowest BCUT2D eigenvalue weighted by Crippen LogP contribution is -2.32. The second-order valence-corrected chi connectivity index (χ2v) is 5.93. The van der Waals surface area contributed by atoms with Gasteiger partial charge in [-0.3, -0.25) is 9.59 Å². The first-order valence-electron chi connectivity index (χ1n) is 7.02. The first kappa shape index (κ1) is 18.1. The lowest BCUT2D eigenvalue weighted by atomic mass is 10.2. The van der Waals surface area contributed by atoms with Crippen LogP contribution in [0.15, 0.2) is 29.4 Å². The maximum Gasteiger partial charge on any atom is 0.325 e. The van der Waals surface area contributed by atoms with Crippen LogP contribution in [0.1, 0.15) is 6.92 Å². The molecule has 0 aliphatic heterocycles. The van der Waals surface area contributed by atoms with Gasteiger partial charge in [-0.25, -0.2) is 4.68 Å². The van der Waals surface area contributed by atoms with E-state index in [1.54, 1.807) is 31.2 Å². The van der Waals surface area contributed by atoms with Gasteiger partial charge in [-0.1, -0.05) is 23.4 Å². The Balaban J connectivity index is 1.91. The van der Waals surface area contributed by atoms with Crippen molar-refractivity contribution in [3.63, 3.8) is 0 Å². The number of carbonyl (C=O) groups excluding carboxylic acids is 2. The third-order valence-corrected chi connectivity index (χ3v) is 4.03. The molecule has 0 aliphatic rings. The predicted molar refractivity (Wildman–Crippen MR) is 91.0 cm³/mol. The molecule has 0 aliphatic carbocycles. The normalized spacial score (nSPS) is 10.4. The maximum absolute atomic E-state index is 11.7. The zero-order valence-corrected chi connectivity index (χ0v) is 14.4. The predicted octanol–water partition coefficient (Wildman–Crippen LogP) is 1.08. The van der Waals surface area contributed by atoms with Gasteiger partial charge in [-0.15, -0.1) is 10.2 Å². The first-order valence-corrected chi connectivity index (χ1v) is 8.39. The lowest BCUT2D eigenvalue weighted by molar-refractivity contribution is -0.143. The van der Waals surface area contributed by atoms with Gasteiger partial charge in [-0.05, 0) is 31.2 Å². The summed E-state index contributed by atoms with van der Waals surface area (Å²) in [5.41, 5.74) is 0.757. The zero-order chi connectivity index (χ0) is 17.5. The summed E-state index contributed by atoms with van der Waals surface area (Å²) in [7, 11) is 0. The number of nitrogens with two attached hydrogens (primary N) is 1. The number of aromatic nitrogens is 3. The summed E-state index contributed by atoms with van der Waals surface area (Å²) in [6.45, 7) is 1.80. The molecule has 0 saturated heterocycles. The number of hydrogen-bond acceptors (Lipinski definition) is 7. The summed E-state index contributed by atoms with van der Waals surface area (Å²) in [6, 6.07) is 6.99. The van der Waals surface area contributed by atoms with Crippen LogP contribution in [0.2, 0.25) is 5.02 Å². The topological polar surface area (TPSA) is 112 Å². The van der Waals surface area contributed by atoms with E-state index in [1.165, 1.54) is 4.68 Å². The van der Waals surface area contributed by atoms with E-state index in [-0.39, 0.29) is 24.8 Å². The number of carbonyl (C=O) groups is 2. The molecule has 0 saturated carbocycles. The molecule has 0 atom stereocenters. The molecule has 3 N–H and O–H groups in total. The van der Waals surface area contributed by atoms with Crippen LogP contribution in [-0.4, -0.2) is 45.7 Å². The van der Waals surface area contributed by atoms with Crippen LogP contribution in [0.25, 0.3) is 11.4 Å². The molecule has 0 bridgehead atoms. The number of rotatable bonds is 7. The highest BCUT2D eigenvalue weighted by Crippen LogP contribution is 2.22. The second-order valence-electron chi connectivity index (χ2n) is 4.55. The quantitative estimate of drug-likeness (QED) is 0.426. The summed E-state index contributed by atoms with van der Waals surface area (Å²) >= 11 is 6.96. The number of hydrogen-bond donors (Lipinski definition) is 2. The zero-order valence-electron chi connectivity index (χ0n) is 12.9. The van der Waals surface area contributed by atoms with E-state index >= 15 is 0 Å². The standard InChI is InChI=1S/C14H16ClN5O3S/c1-2-23-12(22)7-17-11(21)8-24-14-19-18-13(20(14)16)9-3-5-10(15)6-4-9/h3-6H,2,7-8,16H2,1H3,(H,17,21). The number of nitrogens with zero attached hydrogens (tertiary/aromatic N) is 3. The molecule has 10 heteroatoms. The number of benzene rings is 1. The summed E-state index contributed by atoms with van der Waals surface area (Å²) in [4.78, 5) is 22.9. The van der Waals surface area contributed by atoms with E-state index in [0.29, 0.717) is 16.0 Å². The van der Waals surface area contributed by atoms with Crippen molar-refractivity contribution >= 4 is 35.2 Å². The fourth-order valence-electron chi connectivity index (χ4n) is 1.74. The Morgan fingerprint density at radius 1 is 1.33 bits per heavy atom. The van der Waals surface area contributed by atoms with Crippen molar-refractivity contribution in [3.05, 3.63) is 29.3 Å². The maximum atomic E-state index is 11.7. The largest absolute Gasteiger partial charge is 0.465 e. The monoisotopic (exact) mass is 369 g/mol. The molecule has 1 aromatic heterocycles. The fourth-order valence-corrected chi connectivity index (χ4v) is 2.55. The number of amides is 1. The molecule has 1 heterocycles. The average Bonchev–Trinajstić information content (AvgIpc) is 2.93. The Morgan fingerprint density at radius 3 is 2.71 bits per heavy atom. The molecule has 1 aromatic carbocycles. The van der Waals surface area contributed by atoms with Crippen molar-refractivity contribution in [2.24, 2.45) is 0 Å². The molecule has 0 spiro atoms. The van der Waals surface area contributed by atoms with E-state index in [2.05, 4.69) is 15.5 Å². The van der Waals surface area contributed by atoms with Crippen LogP contribution >= 0.6 is 23.4 Å². The Kier molecular flexibility index (Phi) is 6.44. The third kappa shape index (κ3) is 4.87. The van der Waals surface area contributed by atoms with Crippen LogP contribution in [0.4, 0.5) is 0 Å². The highest BCUT2D eigenvalue weighted by molar-refractivity contribution is 7.99. The Morgan fingerprint density at radius 2 is 2.04 bits per heavy atom. The molecule has 0 fully saturated rings. The number of nitrogen functional groups attached to an aromatic ring is 1. The Hall–Kier alpha value is -2.26. The molecular formula is C14H16ClN5O3S. The summed E-state index contributed by atoms with van der Waals surface area (Å²) < 4.78 is 6.02. The molecule has 2 rings (SSSR count). The molecule has 1 amide bonds. The van der Waals surface area contributed by atoms with Gasteiger partial charge in [0.15, 0.2) is 5.82 Å². The summed E-state index contributed by atoms with van der Waals surface area (Å²) in [6.07, 6.45) is 0. The van der Waals surface area contributed by atoms with Crippen molar-refractivity contribution in [2.45, 2.75) is 12.1 Å². The van der Waals surface area contributed by atoms with Gasteiger partial charge in [0.05, 0.1) is 12.4 Å². The van der Waals surface area contributed by atoms with Gasteiger partial charge in [0, 0.05) is 10.6 Å². The van der Waals surface area contributed by atoms with Crippen LogP contribution in [0.3, 0.4) is 0 Å². The molecular weight excluding hydrogens is 354 g/mol. The first-order chi connectivity index (χ1) is 11.5. The van der Waals surface area contributed by atoms with E-state index in [1.807, 2.05) is 0 Å². The number of esters is 1. The van der Waals surface area contributed by atoms with Crippen molar-refractivity contribution in [2.75, 3.05) is 24.7 Å². The molecule has 8 nitrogen and oxygen atoms in total. The second kappa shape index (κ2) is 8.55. The number of nitrogens with one attached hydrogen (secondary N) is 1. The SMILES string of the molecule is CCOC(=O)CNC(=O)CSc1nnc(-c2ccc(Cl)cc2)n1N. The third-order valence-electron chi connectivity index (χ3n) is 2.83. The van der Waals surface area contributed by atoms with Gasteiger partial charge >= 0.3 is 5.97 Å². The molecule has 0 radical (unpaired) electrons. The van der Waals surface area contributed by atoms with Crippen LogP contribution in [0, 0.1) is 0 Å². The van der Waals surface area contributed by atoms with E-state index in [0.717, 1.165) is 17.3 Å². The van der Waals surface area contributed by atoms with Crippen molar-refractivity contribution < 1.29 is 14.3 Å². The average molecular weight is 370 g/mol. The van der Waals surface area contributed by atoms with Gasteiger partial charge < -0.3 is 15.9 Å². The number of ether oxygens (including phenoxy) is 1. The Labute approximate surface area is 147 Å². The van der Waals surface area contributed by atoms with Crippen LogP contribution in [0.5, 0.6) is 0 Å². The minimum atomic E-state index is -0.483. The van der Waals surface area contributed by atoms with Crippen LogP contribution in [-0.2, 0) is 14.3 Å². The molecule has 0 unspecified atom stereocenters. The summed E-state index contributed by atoms with van der Waals surface area (Å²) in [5.74, 6) is 5.65. The van der Waals surface area contributed by atoms with Crippen molar-refractivity contribution in [3.8, 4) is 11.4 Å². The lowest BCUT2D eigenvalue weighted by Gasteiger charge is -2.05. The van der Waals surface area contributed by atoms with E-state index < -0.39 is 5.97 Å². The minimum absolute atomic E-state index is 0.0509. The molecule has 128 valence electrons. The fraction of sp³-hybridized carbons (Fsp3) is 0.286. The highest BCUT2D eigenvalue weighted by Gasteiger charge is 2.14. The summed E-state index contributed by atoms with van der Waals surface area (Å²) in [5, 5.41) is 11.4. The van der Waals surface area contributed by atoms with E-state index in [9.17, 15) is 9.59 Å². The van der Waals surface area contributed by atoms with Crippen LogP contribution < -0.4 is 11.2 Å². The molecule has 24 heavy (non-hydrogen) atoms. The van der Waals surface area contributed by atoms with E-state index in [4.69, 9.17) is 22.2 Å². The van der Waals surface area contributed by atoms with Gasteiger partial charge in [0.2, 0.25) is 11.1 Å². The van der Waals surface area contributed by atoms with Gasteiger partial charge in [0.25, 0.3) is 0 Å². The smallest absolute Gasteiger partial charge is 0.325 e.